The van der Waals surface area contributed by atoms with Crippen molar-refractivity contribution in [1.29, 1.82) is 0 Å². The molecule has 0 bridgehead atoms. The molecular formula is C22H25N7O4. The largest absolute Gasteiger partial charge is 0.368 e. The molecule has 1 aliphatic heterocycles. The minimum Gasteiger partial charge on any atom is -0.368 e. The molecule has 33 heavy (non-hydrogen) atoms. The molecule has 11 heteroatoms. The van der Waals surface area contributed by atoms with Crippen molar-refractivity contribution in [3.8, 4) is 0 Å². The van der Waals surface area contributed by atoms with Crippen LogP contribution in [0.15, 0.2) is 70.9 Å². The maximum absolute atomic E-state index is 12.0. The van der Waals surface area contributed by atoms with Crippen LogP contribution in [0.2, 0.25) is 0 Å². The number of hydrogen-bond acceptors (Lipinski definition) is 6. The van der Waals surface area contributed by atoms with Crippen LogP contribution in [0.3, 0.4) is 0 Å². The van der Waals surface area contributed by atoms with Crippen LogP contribution in [0.4, 0.5) is 0 Å². The number of carbonyl (C=O) groups excluding carboxylic acids is 1. The number of ether oxygens (including phenoxy) is 3. The van der Waals surface area contributed by atoms with E-state index in [2.05, 4.69) is 25.4 Å². The highest BCUT2D eigenvalue weighted by Gasteiger charge is 2.49. The number of carbonyl (C=O) groups is 1. The van der Waals surface area contributed by atoms with Gasteiger partial charge in [0.1, 0.15) is 12.1 Å². The third-order valence-corrected chi connectivity index (χ3v) is 5.09. The Bertz CT molecular complexity index is 994. The summed E-state index contributed by atoms with van der Waals surface area (Å²) in [5, 5.41) is 10.1. The molecule has 1 unspecified atom stereocenters. The van der Waals surface area contributed by atoms with Crippen molar-refractivity contribution in [2.24, 2.45) is 10.2 Å². The summed E-state index contributed by atoms with van der Waals surface area (Å²) in [6.45, 7) is 1.73. The zero-order valence-electron chi connectivity index (χ0n) is 18.1. The number of hydrogen-bond donors (Lipinski definition) is 1. The van der Waals surface area contributed by atoms with Gasteiger partial charge in [0.2, 0.25) is 5.91 Å². The second-order valence-electron chi connectivity index (χ2n) is 7.44. The van der Waals surface area contributed by atoms with E-state index in [4.69, 9.17) is 25.3 Å². The Kier molecular flexibility index (Phi) is 9.08. The van der Waals surface area contributed by atoms with Crippen LogP contribution in [0.25, 0.3) is 20.9 Å². The van der Waals surface area contributed by atoms with Crippen molar-refractivity contribution in [3.05, 3.63) is 92.7 Å². The van der Waals surface area contributed by atoms with Gasteiger partial charge in [-0.15, -0.1) is 0 Å². The Labute approximate surface area is 190 Å². The first kappa shape index (κ1) is 24.1. The normalized spacial score (nSPS) is 22.6. The fourth-order valence-corrected chi connectivity index (χ4v) is 3.62. The van der Waals surface area contributed by atoms with E-state index in [0.29, 0.717) is 0 Å². The highest BCUT2D eigenvalue weighted by Crippen LogP contribution is 2.30. The molecule has 2 aromatic carbocycles. The molecule has 0 aromatic heterocycles. The fourth-order valence-electron chi connectivity index (χ4n) is 3.62. The average molecular weight is 451 g/mol. The molecule has 1 heterocycles. The first-order chi connectivity index (χ1) is 16.1. The topological polar surface area (TPSA) is 154 Å². The summed E-state index contributed by atoms with van der Waals surface area (Å²) in [5.41, 5.74) is 19.6. The van der Waals surface area contributed by atoms with E-state index >= 15 is 0 Å². The van der Waals surface area contributed by atoms with Crippen molar-refractivity contribution in [2.45, 2.75) is 50.7 Å². The Balaban J connectivity index is 1.86. The molecule has 0 spiro atoms. The summed E-state index contributed by atoms with van der Waals surface area (Å²) in [6, 6.07) is 17.5. The minimum absolute atomic E-state index is 0.130. The molecule has 3 rings (SSSR count). The summed E-state index contributed by atoms with van der Waals surface area (Å²) in [5.74, 6) is -0.291. The zero-order chi connectivity index (χ0) is 23.5. The highest BCUT2D eigenvalue weighted by molar-refractivity contribution is 5.73. The van der Waals surface area contributed by atoms with Crippen molar-refractivity contribution in [2.75, 3.05) is 6.54 Å². The number of azide groups is 2. The number of rotatable bonds is 11. The Morgan fingerprint density at radius 1 is 1.03 bits per heavy atom. The van der Waals surface area contributed by atoms with Crippen LogP contribution in [0, 0.1) is 0 Å². The standard InChI is InChI=1S/C22H25N7O4/c1-15(30)26-19-21(31-13-16-8-4-2-5-9-16)20(18(27-29-24)12-25-28-23)33-22(19)32-14-17-10-6-3-7-11-17/h2-11,18-22H,12-14H2,1H3,(H,26,30)/t18-,19?,20-,21+,22+/m1/s1. The maximum Gasteiger partial charge on any atom is 0.217 e. The molecule has 5 atom stereocenters. The lowest BCUT2D eigenvalue weighted by molar-refractivity contribution is -0.155. The lowest BCUT2D eigenvalue weighted by Gasteiger charge is -2.26. The van der Waals surface area contributed by atoms with E-state index in [1.54, 1.807) is 0 Å². The SMILES string of the molecule is CC(=O)NC1[C@@H](OCc2ccccc2)O[C@H]([C@@H](CN=[N+]=[N-])N=[N+]=[N-])[C@H]1OCc1ccccc1. The molecule has 1 fully saturated rings. The molecule has 1 N–H and O–H groups in total. The van der Waals surface area contributed by atoms with E-state index in [-0.39, 0.29) is 25.7 Å². The second-order valence-corrected chi connectivity index (χ2v) is 7.44. The maximum atomic E-state index is 12.0. The van der Waals surface area contributed by atoms with Crippen LogP contribution in [0.1, 0.15) is 18.1 Å². The molecular weight excluding hydrogens is 426 g/mol. The number of amides is 1. The van der Waals surface area contributed by atoms with Crippen molar-refractivity contribution < 1.29 is 19.0 Å². The van der Waals surface area contributed by atoms with Crippen molar-refractivity contribution >= 4 is 5.91 Å². The van der Waals surface area contributed by atoms with E-state index in [9.17, 15) is 4.79 Å². The summed E-state index contributed by atoms with van der Waals surface area (Å²) in [6.07, 6.45) is -2.41. The van der Waals surface area contributed by atoms with Gasteiger partial charge in [0.15, 0.2) is 6.29 Å². The lowest BCUT2D eigenvalue weighted by Crippen LogP contribution is -2.50. The molecule has 1 aliphatic rings. The third kappa shape index (κ3) is 6.95. The molecule has 1 saturated heterocycles. The smallest absolute Gasteiger partial charge is 0.217 e. The van der Waals surface area contributed by atoms with Gasteiger partial charge in [-0.3, -0.25) is 4.79 Å². The minimum atomic E-state index is -0.873. The first-order valence-electron chi connectivity index (χ1n) is 10.4. The van der Waals surface area contributed by atoms with E-state index in [1.807, 2.05) is 60.7 Å². The third-order valence-electron chi connectivity index (χ3n) is 5.09. The molecule has 0 saturated carbocycles. The quantitative estimate of drug-likeness (QED) is 0.311. The predicted molar refractivity (Wildman–Crippen MR) is 119 cm³/mol. The van der Waals surface area contributed by atoms with Gasteiger partial charge in [-0.25, -0.2) is 0 Å². The molecule has 11 nitrogen and oxygen atoms in total. The van der Waals surface area contributed by atoms with Crippen LogP contribution in [-0.2, 0) is 32.2 Å². The van der Waals surface area contributed by atoms with Crippen LogP contribution in [0.5, 0.6) is 0 Å². The highest BCUT2D eigenvalue weighted by atomic mass is 16.7. The second kappa shape index (κ2) is 12.4. The Morgan fingerprint density at radius 3 is 2.18 bits per heavy atom. The number of benzene rings is 2. The van der Waals surface area contributed by atoms with Gasteiger partial charge in [-0.05, 0) is 22.2 Å². The summed E-state index contributed by atoms with van der Waals surface area (Å²) in [7, 11) is 0. The van der Waals surface area contributed by atoms with E-state index in [0.717, 1.165) is 11.1 Å². The molecule has 2 aromatic rings. The van der Waals surface area contributed by atoms with Gasteiger partial charge in [0.25, 0.3) is 0 Å². The summed E-state index contributed by atoms with van der Waals surface area (Å²) < 4.78 is 18.3. The molecule has 172 valence electrons. The zero-order valence-corrected chi connectivity index (χ0v) is 18.1. The number of nitrogens with one attached hydrogen (secondary N) is 1. The van der Waals surface area contributed by atoms with Gasteiger partial charge in [0, 0.05) is 23.3 Å². The van der Waals surface area contributed by atoms with Crippen LogP contribution < -0.4 is 5.32 Å². The average Bonchev–Trinajstić information content (AvgIpc) is 3.16. The molecule has 0 radical (unpaired) electrons. The monoisotopic (exact) mass is 451 g/mol. The van der Waals surface area contributed by atoms with Crippen molar-refractivity contribution in [3.63, 3.8) is 0 Å². The van der Waals surface area contributed by atoms with Gasteiger partial charge >= 0.3 is 0 Å². The number of nitrogens with zero attached hydrogens (tertiary/aromatic N) is 6. The lowest BCUT2D eigenvalue weighted by atomic mass is 10.0. The van der Waals surface area contributed by atoms with Gasteiger partial charge < -0.3 is 19.5 Å². The molecule has 0 aliphatic carbocycles. The Hall–Kier alpha value is -3.59. The Morgan fingerprint density at radius 2 is 1.64 bits per heavy atom. The van der Waals surface area contributed by atoms with Crippen LogP contribution in [-0.4, -0.2) is 43.0 Å². The predicted octanol–water partition coefficient (Wildman–Crippen LogP) is 4.01. The van der Waals surface area contributed by atoms with Crippen LogP contribution >= 0.6 is 0 Å². The van der Waals surface area contributed by atoms with Gasteiger partial charge in [-0.1, -0.05) is 70.9 Å². The summed E-state index contributed by atoms with van der Waals surface area (Å²) >= 11 is 0. The van der Waals surface area contributed by atoms with E-state index < -0.39 is 30.6 Å². The van der Waals surface area contributed by atoms with E-state index in [1.165, 1.54) is 6.92 Å². The van der Waals surface area contributed by atoms with Gasteiger partial charge in [0.05, 0.1) is 25.4 Å². The van der Waals surface area contributed by atoms with Crippen molar-refractivity contribution in [1.82, 2.24) is 5.32 Å². The van der Waals surface area contributed by atoms with Gasteiger partial charge in [-0.2, -0.15) is 0 Å². The first-order valence-corrected chi connectivity index (χ1v) is 10.4. The fraction of sp³-hybridized carbons (Fsp3) is 0.409. The molecule has 1 amide bonds. The summed E-state index contributed by atoms with van der Waals surface area (Å²) in [4.78, 5) is 17.6.